The molecular weight excluding hydrogens is 326 g/mol. The number of hydrogen-bond donors (Lipinski definition) is 2. The van der Waals surface area contributed by atoms with E-state index < -0.39 is 10.0 Å². The summed E-state index contributed by atoms with van der Waals surface area (Å²) >= 11 is 0. The van der Waals surface area contributed by atoms with Crippen molar-refractivity contribution in [3.63, 3.8) is 0 Å². The van der Waals surface area contributed by atoms with Crippen molar-refractivity contribution in [2.45, 2.75) is 31.2 Å². The zero-order chi connectivity index (χ0) is 15.5. The molecule has 0 aliphatic carbocycles. The lowest BCUT2D eigenvalue weighted by atomic mass is 10.2. The van der Waals surface area contributed by atoms with Gasteiger partial charge in [0.15, 0.2) is 5.89 Å². The van der Waals surface area contributed by atoms with E-state index in [2.05, 4.69) is 9.71 Å². The summed E-state index contributed by atoms with van der Waals surface area (Å²) in [5.41, 5.74) is 7.08. The minimum absolute atomic E-state index is 0. The Kier molecular flexibility index (Phi) is 6.55. The maximum atomic E-state index is 12.1. The van der Waals surface area contributed by atoms with E-state index in [1.165, 1.54) is 0 Å². The number of nitrogens with zero attached hydrogens (tertiary/aromatic N) is 1. The Balaban J connectivity index is 0.00000242. The molecule has 3 N–H and O–H groups in total. The van der Waals surface area contributed by atoms with Gasteiger partial charge >= 0.3 is 0 Å². The summed E-state index contributed by atoms with van der Waals surface area (Å²) in [6.45, 7) is 3.91. The molecule has 6 nitrogen and oxygen atoms in total. The van der Waals surface area contributed by atoms with E-state index in [0.717, 1.165) is 5.56 Å². The van der Waals surface area contributed by atoms with E-state index in [1.54, 1.807) is 37.5 Å². The first kappa shape index (κ1) is 18.6. The second kappa shape index (κ2) is 7.73. The maximum Gasteiger partial charge on any atom is 0.240 e. The van der Waals surface area contributed by atoms with Gasteiger partial charge in [0.2, 0.25) is 10.0 Å². The predicted octanol–water partition coefficient (Wildman–Crippen LogP) is 2.09. The van der Waals surface area contributed by atoms with Crippen molar-refractivity contribution in [1.29, 1.82) is 0 Å². The van der Waals surface area contributed by atoms with Crippen molar-refractivity contribution in [3.05, 3.63) is 36.4 Å². The van der Waals surface area contributed by atoms with Crippen LogP contribution < -0.4 is 10.5 Å². The van der Waals surface area contributed by atoms with E-state index >= 15 is 0 Å². The number of nitrogens with two attached hydrogens (primary N) is 1. The SMILES string of the molecule is Cc1nc(-c2ccc(S(=O)(=O)NCCC(C)N)cc2)co1.Cl. The number of aryl methyl sites for hydroxylation is 1. The highest BCUT2D eigenvalue weighted by atomic mass is 35.5. The van der Waals surface area contributed by atoms with Crippen molar-refractivity contribution in [3.8, 4) is 11.3 Å². The number of rotatable bonds is 6. The highest BCUT2D eigenvalue weighted by Gasteiger charge is 2.14. The molecule has 0 radical (unpaired) electrons. The van der Waals surface area contributed by atoms with Crippen molar-refractivity contribution in [2.24, 2.45) is 5.73 Å². The van der Waals surface area contributed by atoms with Gasteiger partial charge in [-0.25, -0.2) is 18.1 Å². The Hall–Kier alpha value is -1.41. The van der Waals surface area contributed by atoms with Gasteiger partial charge in [-0.1, -0.05) is 12.1 Å². The Labute approximate surface area is 136 Å². The zero-order valence-electron chi connectivity index (χ0n) is 12.4. The van der Waals surface area contributed by atoms with Crippen LogP contribution in [0, 0.1) is 6.92 Å². The molecule has 0 fully saturated rings. The van der Waals surface area contributed by atoms with Crippen LogP contribution in [0.4, 0.5) is 0 Å². The fourth-order valence-corrected chi connectivity index (χ4v) is 2.85. The van der Waals surface area contributed by atoms with E-state index in [-0.39, 0.29) is 23.3 Å². The third kappa shape index (κ3) is 4.81. The molecule has 8 heteroatoms. The molecule has 2 rings (SSSR count). The Morgan fingerprint density at radius 1 is 1.32 bits per heavy atom. The molecule has 122 valence electrons. The Morgan fingerprint density at radius 3 is 2.45 bits per heavy atom. The first-order valence-electron chi connectivity index (χ1n) is 6.66. The molecule has 1 heterocycles. The van der Waals surface area contributed by atoms with E-state index in [1.807, 2.05) is 6.92 Å². The molecule has 0 aliphatic heterocycles. The van der Waals surface area contributed by atoms with Gasteiger partial charge in [-0.2, -0.15) is 0 Å². The molecule has 0 amide bonds. The molecule has 0 spiro atoms. The standard InChI is InChI=1S/C14H19N3O3S.ClH/c1-10(15)7-8-16-21(18,19)13-5-3-12(4-6-13)14-9-20-11(2)17-14;/h3-6,9-10,16H,7-8,15H2,1-2H3;1H. The monoisotopic (exact) mass is 345 g/mol. The highest BCUT2D eigenvalue weighted by Crippen LogP contribution is 2.20. The second-order valence-electron chi connectivity index (χ2n) is 4.94. The topological polar surface area (TPSA) is 98.2 Å². The summed E-state index contributed by atoms with van der Waals surface area (Å²) in [4.78, 5) is 4.41. The van der Waals surface area contributed by atoms with Crippen LogP contribution in [0.5, 0.6) is 0 Å². The predicted molar refractivity (Wildman–Crippen MR) is 87.4 cm³/mol. The summed E-state index contributed by atoms with van der Waals surface area (Å²) in [6.07, 6.45) is 2.13. The highest BCUT2D eigenvalue weighted by molar-refractivity contribution is 7.89. The normalized spacial score (nSPS) is 12.7. The number of aromatic nitrogens is 1. The number of benzene rings is 1. The third-order valence-corrected chi connectivity index (χ3v) is 4.45. The van der Waals surface area contributed by atoms with Gasteiger partial charge in [0.25, 0.3) is 0 Å². The van der Waals surface area contributed by atoms with Crippen molar-refractivity contribution < 1.29 is 12.8 Å². The van der Waals surface area contributed by atoms with Crippen LogP contribution in [0.2, 0.25) is 0 Å². The smallest absolute Gasteiger partial charge is 0.240 e. The van der Waals surface area contributed by atoms with E-state index in [0.29, 0.717) is 24.6 Å². The molecular formula is C14H20ClN3O3S. The largest absolute Gasteiger partial charge is 0.449 e. The summed E-state index contributed by atoms with van der Waals surface area (Å²) in [5, 5.41) is 0. The van der Waals surface area contributed by atoms with Crippen molar-refractivity contribution in [2.75, 3.05) is 6.54 Å². The van der Waals surface area contributed by atoms with Crippen LogP contribution in [0.1, 0.15) is 19.2 Å². The van der Waals surface area contributed by atoms with Gasteiger partial charge < -0.3 is 10.2 Å². The molecule has 0 saturated carbocycles. The van der Waals surface area contributed by atoms with Crippen LogP contribution in [-0.4, -0.2) is 26.0 Å². The third-order valence-electron chi connectivity index (χ3n) is 2.97. The lowest BCUT2D eigenvalue weighted by Gasteiger charge is -2.08. The van der Waals surface area contributed by atoms with Gasteiger partial charge in [0.05, 0.1) is 4.90 Å². The summed E-state index contributed by atoms with van der Waals surface area (Å²) < 4.78 is 31.8. The minimum Gasteiger partial charge on any atom is -0.449 e. The van der Waals surface area contributed by atoms with Crippen molar-refractivity contribution >= 4 is 22.4 Å². The molecule has 0 bridgehead atoms. The zero-order valence-corrected chi connectivity index (χ0v) is 14.1. The summed E-state index contributed by atoms with van der Waals surface area (Å²) in [6, 6.07) is 6.47. The maximum absolute atomic E-state index is 12.1. The molecule has 0 saturated heterocycles. The summed E-state index contributed by atoms with van der Waals surface area (Å²) in [5.74, 6) is 0.569. The fraction of sp³-hybridized carbons (Fsp3) is 0.357. The number of halogens is 1. The van der Waals surface area contributed by atoms with Gasteiger partial charge in [0, 0.05) is 25.1 Å². The van der Waals surface area contributed by atoms with Crippen LogP contribution in [0.25, 0.3) is 11.3 Å². The molecule has 22 heavy (non-hydrogen) atoms. The van der Waals surface area contributed by atoms with Gasteiger partial charge in [-0.3, -0.25) is 0 Å². The number of nitrogens with one attached hydrogen (secondary N) is 1. The Bertz CT molecular complexity index is 696. The Morgan fingerprint density at radius 2 is 1.95 bits per heavy atom. The molecule has 1 atom stereocenters. The van der Waals surface area contributed by atoms with E-state index in [4.69, 9.17) is 10.2 Å². The first-order chi connectivity index (χ1) is 9.88. The quantitative estimate of drug-likeness (QED) is 0.835. The van der Waals surface area contributed by atoms with Crippen LogP contribution in [0.3, 0.4) is 0 Å². The van der Waals surface area contributed by atoms with Crippen LogP contribution in [-0.2, 0) is 10.0 Å². The van der Waals surface area contributed by atoms with Crippen LogP contribution >= 0.6 is 12.4 Å². The lowest BCUT2D eigenvalue weighted by molar-refractivity contribution is 0.521. The molecule has 0 aliphatic rings. The van der Waals surface area contributed by atoms with Gasteiger partial charge in [-0.15, -0.1) is 12.4 Å². The van der Waals surface area contributed by atoms with E-state index in [9.17, 15) is 8.42 Å². The molecule has 2 aromatic rings. The summed E-state index contributed by atoms with van der Waals surface area (Å²) in [7, 11) is -3.50. The second-order valence-corrected chi connectivity index (χ2v) is 6.71. The molecule has 1 aromatic heterocycles. The van der Waals surface area contributed by atoms with Crippen molar-refractivity contribution in [1.82, 2.24) is 9.71 Å². The first-order valence-corrected chi connectivity index (χ1v) is 8.14. The number of oxazole rings is 1. The fourth-order valence-electron chi connectivity index (χ4n) is 1.81. The van der Waals surface area contributed by atoms with Gasteiger partial charge in [0.1, 0.15) is 12.0 Å². The number of hydrogen-bond acceptors (Lipinski definition) is 5. The molecule has 1 unspecified atom stereocenters. The lowest BCUT2D eigenvalue weighted by Crippen LogP contribution is -2.29. The average molecular weight is 346 g/mol. The average Bonchev–Trinajstić information content (AvgIpc) is 2.85. The minimum atomic E-state index is -3.50. The van der Waals surface area contributed by atoms with Crippen LogP contribution in [0.15, 0.2) is 39.8 Å². The molecule has 1 aromatic carbocycles. The number of sulfonamides is 1. The van der Waals surface area contributed by atoms with Gasteiger partial charge in [-0.05, 0) is 25.5 Å².